The number of anilines is 1. The number of rotatable bonds is 2. The number of benzene rings is 1. The summed E-state index contributed by atoms with van der Waals surface area (Å²) in [6.07, 6.45) is 5.14. The minimum absolute atomic E-state index is 0.567. The van der Waals surface area contributed by atoms with Crippen LogP contribution in [-0.4, -0.2) is 6.54 Å². The van der Waals surface area contributed by atoms with Crippen molar-refractivity contribution in [3.8, 4) is 12.3 Å². The second-order valence-corrected chi connectivity index (χ2v) is 3.43. The van der Waals surface area contributed by atoms with E-state index in [1.54, 1.807) is 0 Å². The highest BCUT2D eigenvalue weighted by atomic mass is 79.9. The molecule has 0 aromatic heterocycles. The topological polar surface area (TPSA) is 12.0 Å². The molecule has 0 amide bonds. The summed E-state index contributed by atoms with van der Waals surface area (Å²) < 4.78 is 1.06. The van der Waals surface area contributed by atoms with Crippen molar-refractivity contribution in [2.45, 2.75) is 6.92 Å². The monoisotopic (exact) mass is 223 g/mol. The zero-order valence-electron chi connectivity index (χ0n) is 6.89. The Bertz CT molecular complexity index is 312. The minimum atomic E-state index is 0.567. The van der Waals surface area contributed by atoms with Crippen LogP contribution in [0.3, 0.4) is 0 Å². The standard InChI is InChI=1S/C10H10BrN/c1-3-6-12-10-7-9(11)5-4-8(10)2/h1,4-5,7,12H,6H2,2H3. The third kappa shape index (κ3) is 2.28. The molecule has 0 unspecified atom stereocenters. The Morgan fingerprint density at radius 1 is 1.58 bits per heavy atom. The zero-order valence-corrected chi connectivity index (χ0v) is 8.48. The van der Waals surface area contributed by atoms with Crippen LogP contribution >= 0.6 is 15.9 Å². The Kier molecular flexibility index (Phi) is 3.19. The Morgan fingerprint density at radius 2 is 2.33 bits per heavy atom. The normalized spacial score (nSPS) is 9.08. The smallest absolute Gasteiger partial charge is 0.0763 e. The number of halogens is 1. The maximum atomic E-state index is 5.14. The third-order valence-corrected chi connectivity index (χ3v) is 2.07. The van der Waals surface area contributed by atoms with Gasteiger partial charge in [-0.05, 0) is 24.6 Å². The first-order chi connectivity index (χ1) is 5.74. The lowest BCUT2D eigenvalue weighted by atomic mass is 10.2. The molecule has 0 aliphatic carbocycles. The maximum Gasteiger partial charge on any atom is 0.0763 e. The molecule has 0 radical (unpaired) electrons. The van der Waals surface area contributed by atoms with Gasteiger partial charge >= 0.3 is 0 Å². The average molecular weight is 224 g/mol. The fraction of sp³-hybridized carbons (Fsp3) is 0.200. The zero-order chi connectivity index (χ0) is 8.97. The molecule has 12 heavy (non-hydrogen) atoms. The lowest BCUT2D eigenvalue weighted by molar-refractivity contribution is 1.33. The summed E-state index contributed by atoms with van der Waals surface area (Å²) in [6, 6.07) is 6.08. The quantitative estimate of drug-likeness (QED) is 0.761. The van der Waals surface area contributed by atoms with Crippen molar-refractivity contribution in [2.75, 3.05) is 11.9 Å². The molecule has 0 spiro atoms. The van der Waals surface area contributed by atoms with Crippen molar-refractivity contribution in [1.29, 1.82) is 0 Å². The predicted octanol–water partition coefficient (Wildman–Crippen LogP) is 2.80. The van der Waals surface area contributed by atoms with Gasteiger partial charge in [-0.3, -0.25) is 0 Å². The van der Waals surface area contributed by atoms with Crippen LogP contribution in [0.4, 0.5) is 5.69 Å². The lowest BCUT2D eigenvalue weighted by Crippen LogP contribution is -1.99. The van der Waals surface area contributed by atoms with Gasteiger partial charge in [0, 0.05) is 10.2 Å². The van der Waals surface area contributed by atoms with Gasteiger partial charge in [-0.2, -0.15) is 0 Å². The minimum Gasteiger partial charge on any atom is -0.374 e. The van der Waals surface area contributed by atoms with Crippen LogP contribution < -0.4 is 5.32 Å². The van der Waals surface area contributed by atoms with Crippen LogP contribution in [0, 0.1) is 19.3 Å². The lowest BCUT2D eigenvalue weighted by Gasteiger charge is -2.06. The predicted molar refractivity (Wildman–Crippen MR) is 56.2 cm³/mol. The highest BCUT2D eigenvalue weighted by Gasteiger charge is 1.96. The molecule has 62 valence electrons. The first-order valence-corrected chi connectivity index (χ1v) is 4.47. The van der Waals surface area contributed by atoms with Gasteiger partial charge in [-0.1, -0.05) is 27.9 Å². The summed E-state index contributed by atoms with van der Waals surface area (Å²) >= 11 is 3.40. The van der Waals surface area contributed by atoms with Crippen LogP contribution in [0.15, 0.2) is 22.7 Å². The fourth-order valence-electron chi connectivity index (χ4n) is 0.931. The molecule has 2 heteroatoms. The van der Waals surface area contributed by atoms with Crippen LogP contribution in [0.2, 0.25) is 0 Å². The second kappa shape index (κ2) is 4.18. The number of hydrogen-bond donors (Lipinski definition) is 1. The van der Waals surface area contributed by atoms with E-state index in [9.17, 15) is 0 Å². The van der Waals surface area contributed by atoms with E-state index in [2.05, 4.69) is 27.2 Å². The van der Waals surface area contributed by atoms with Crippen molar-refractivity contribution in [2.24, 2.45) is 0 Å². The van der Waals surface area contributed by atoms with Gasteiger partial charge in [0.1, 0.15) is 0 Å². The number of nitrogens with one attached hydrogen (secondary N) is 1. The highest BCUT2D eigenvalue weighted by molar-refractivity contribution is 9.10. The van der Waals surface area contributed by atoms with Crippen molar-refractivity contribution < 1.29 is 0 Å². The molecule has 1 rings (SSSR count). The van der Waals surface area contributed by atoms with Gasteiger partial charge in [-0.25, -0.2) is 0 Å². The second-order valence-electron chi connectivity index (χ2n) is 2.52. The van der Waals surface area contributed by atoms with Crippen molar-refractivity contribution in [3.63, 3.8) is 0 Å². The number of aryl methyl sites for hydroxylation is 1. The molecule has 1 nitrogen and oxygen atoms in total. The largest absolute Gasteiger partial charge is 0.374 e. The summed E-state index contributed by atoms with van der Waals surface area (Å²) in [6.45, 7) is 2.61. The fourth-order valence-corrected chi connectivity index (χ4v) is 1.29. The Morgan fingerprint density at radius 3 is 3.00 bits per heavy atom. The van der Waals surface area contributed by atoms with Crippen LogP contribution in [0.1, 0.15) is 5.56 Å². The number of terminal acetylenes is 1. The first kappa shape index (κ1) is 9.15. The summed E-state index contributed by atoms with van der Waals surface area (Å²) in [4.78, 5) is 0. The van der Waals surface area contributed by atoms with Crippen LogP contribution in [-0.2, 0) is 0 Å². The molecule has 0 aliphatic heterocycles. The highest BCUT2D eigenvalue weighted by Crippen LogP contribution is 2.19. The van der Waals surface area contributed by atoms with Gasteiger partial charge < -0.3 is 5.32 Å². The Hall–Kier alpha value is -0.940. The Balaban J connectivity index is 2.84. The molecule has 1 aromatic rings. The summed E-state index contributed by atoms with van der Waals surface area (Å²) in [5, 5.41) is 3.14. The van der Waals surface area contributed by atoms with Gasteiger partial charge in [0.2, 0.25) is 0 Å². The maximum absolute atomic E-state index is 5.14. The molecule has 0 aliphatic rings. The van der Waals surface area contributed by atoms with E-state index in [4.69, 9.17) is 6.42 Å². The van der Waals surface area contributed by atoms with Gasteiger partial charge in [-0.15, -0.1) is 6.42 Å². The molecule has 0 atom stereocenters. The van der Waals surface area contributed by atoms with Crippen molar-refractivity contribution in [3.05, 3.63) is 28.2 Å². The van der Waals surface area contributed by atoms with E-state index in [1.165, 1.54) is 5.56 Å². The van der Waals surface area contributed by atoms with Gasteiger partial charge in [0.05, 0.1) is 6.54 Å². The van der Waals surface area contributed by atoms with Gasteiger partial charge in [0.25, 0.3) is 0 Å². The molecule has 0 saturated carbocycles. The summed E-state index contributed by atoms with van der Waals surface area (Å²) in [5.41, 5.74) is 2.29. The summed E-state index contributed by atoms with van der Waals surface area (Å²) in [7, 11) is 0. The molecular weight excluding hydrogens is 214 g/mol. The molecule has 0 fully saturated rings. The van der Waals surface area contributed by atoms with Crippen LogP contribution in [0.25, 0.3) is 0 Å². The molecule has 1 aromatic carbocycles. The molecule has 1 N–H and O–H groups in total. The number of hydrogen-bond acceptors (Lipinski definition) is 1. The van der Waals surface area contributed by atoms with Crippen molar-refractivity contribution in [1.82, 2.24) is 0 Å². The average Bonchev–Trinajstić information content (AvgIpc) is 2.07. The van der Waals surface area contributed by atoms with E-state index in [0.29, 0.717) is 6.54 Å². The molecule has 0 bridgehead atoms. The van der Waals surface area contributed by atoms with E-state index >= 15 is 0 Å². The van der Waals surface area contributed by atoms with Crippen molar-refractivity contribution >= 4 is 21.6 Å². The van der Waals surface area contributed by atoms with E-state index in [1.807, 2.05) is 25.1 Å². The molecule has 0 heterocycles. The van der Waals surface area contributed by atoms with E-state index in [-0.39, 0.29) is 0 Å². The van der Waals surface area contributed by atoms with E-state index in [0.717, 1.165) is 10.2 Å². The first-order valence-electron chi connectivity index (χ1n) is 3.67. The molecular formula is C10H10BrN. The molecule has 0 saturated heterocycles. The SMILES string of the molecule is C#CCNc1cc(Br)ccc1C. The summed E-state index contributed by atoms with van der Waals surface area (Å²) in [5.74, 6) is 2.54. The van der Waals surface area contributed by atoms with Gasteiger partial charge in [0.15, 0.2) is 0 Å². The Labute approximate surface area is 81.3 Å². The third-order valence-electron chi connectivity index (χ3n) is 1.58. The van der Waals surface area contributed by atoms with E-state index < -0.39 is 0 Å². The van der Waals surface area contributed by atoms with Crippen LogP contribution in [0.5, 0.6) is 0 Å².